The fourth-order valence-corrected chi connectivity index (χ4v) is 3.74. The van der Waals surface area contributed by atoms with Gasteiger partial charge < -0.3 is 19.7 Å². The number of ether oxygens (including phenoxy) is 2. The standard InChI is InChI=1S/C29H36O4/c1-23-22-27(14-17-29(23)33-21-7-3-5-19-31)26-10-8-24(9-11-26)25-12-15-28(16-13-25)32-20-6-2-4-18-30/h8-17,22,30-31H,2-7,18-21H2,1H3. The molecule has 4 nitrogen and oxygen atoms in total. The molecule has 0 aliphatic rings. The molecule has 0 amide bonds. The van der Waals surface area contributed by atoms with Crippen LogP contribution in [0.1, 0.15) is 44.1 Å². The van der Waals surface area contributed by atoms with Crippen molar-refractivity contribution in [3.63, 3.8) is 0 Å². The maximum absolute atomic E-state index is 8.86. The van der Waals surface area contributed by atoms with Crippen LogP contribution >= 0.6 is 0 Å². The molecule has 2 N–H and O–H groups in total. The third-order valence-corrected chi connectivity index (χ3v) is 5.71. The van der Waals surface area contributed by atoms with E-state index in [0.717, 1.165) is 61.2 Å². The van der Waals surface area contributed by atoms with E-state index in [4.69, 9.17) is 19.7 Å². The quantitative estimate of drug-likeness (QED) is 0.280. The van der Waals surface area contributed by atoms with E-state index in [1.54, 1.807) is 0 Å². The maximum atomic E-state index is 8.86. The fourth-order valence-electron chi connectivity index (χ4n) is 3.74. The highest BCUT2D eigenvalue weighted by molar-refractivity contribution is 5.71. The van der Waals surface area contributed by atoms with Crippen molar-refractivity contribution in [2.24, 2.45) is 0 Å². The number of aliphatic hydroxyl groups excluding tert-OH is 2. The van der Waals surface area contributed by atoms with Crippen LogP contribution in [0.2, 0.25) is 0 Å². The van der Waals surface area contributed by atoms with Gasteiger partial charge in [0.25, 0.3) is 0 Å². The van der Waals surface area contributed by atoms with E-state index >= 15 is 0 Å². The number of benzene rings is 3. The summed E-state index contributed by atoms with van der Waals surface area (Å²) >= 11 is 0. The van der Waals surface area contributed by atoms with Crippen molar-refractivity contribution in [3.8, 4) is 33.8 Å². The zero-order valence-corrected chi connectivity index (χ0v) is 19.6. The van der Waals surface area contributed by atoms with Crippen LogP contribution in [0, 0.1) is 6.92 Å². The van der Waals surface area contributed by atoms with Gasteiger partial charge in [-0.15, -0.1) is 0 Å². The van der Waals surface area contributed by atoms with Crippen LogP contribution in [-0.2, 0) is 0 Å². The van der Waals surface area contributed by atoms with Crippen LogP contribution in [0.5, 0.6) is 11.5 Å². The topological polar surface area (TPSA) is 58.9 Å². The first-order valence-corrected chi connectivity index (χ1v) is 12.0. The molecule has 3 aromatic rings. The van der Waals surface area contributed by atoms with E-state index in [1.807, 2.05) is 18.2 Å². The molecule has 4 heteroatoms. The van der Waals surface area contributed by atoms with Crippen LogP contribution in [0.4, 0.5) is 0 Å². The molecule has 0 atom stereocenters. The number of aliphatic hydroxyl groups is 2. The largest absolute Gasteiger partial charge is 0.494 e. The Labute approximate surface area is 197 Å². The lowest BCUT2D eigenvalue weighted by molar-refractivity contribution is 0.265. The number of rotatable bonds is 14. The highest BCUT2D eigenvalue weighted by Crippen LogP contribution is 2.29. The molecule has 0 spiro atoms. The average Bonchev–Trinajstić information content (AvgIpc) is 2.85. The van der Waals surface area contributed by atoms with Gasteiger partial charge in [-0.2, -0.15) is 0 Å². The van der Waals surface area contributed by atoms with Crippen LogP contribution < -0.4 is 9.47 Å². The minimum Gasteiger partial charge on any atom is -0.494 e. The summed E-state index contributed by atoms with van der Waals surface area (Å²) in [6, 6.07) is 23.2. The van der Waals surface area contributed by atoms with Gasteiger partial charge in [0.15, 0.2) is 0 Å². The van der Waals surface area contributed by atoms with Gasteiger partial charge in [0.1, 0.15) is 11.5 Å². The molecule has 0 heterocycles. The molecule has 0 radical (unpaired) electrons. The smallest absolute Gasteiger partial charge is 0.122 e. The highest BCUT2D eigenvalue weighted by atomic mass is 16.5. The molecule has 176 valence electrons. The lowest BCUT2D eigenvalue weighted by Crippen LogP contribution is -1.99. The van der Waals surface area contributed by atoms with E-state index in [9.17, 15) is 0 Å². The molecule has 33 heavy (non-hydrogen) atoms. The third kappa shape index (κ3) is 7.92. The summed E-state index contributed by atoms with van der Waals surface area (Å²) in [4.78, 5) is 0. The highest BCUT2D eigenvalue weighted by Gasteiger charge is 2.05. The predicted octanol–water partition coefficient (Wildman–Crippen LogP) is 6.41. The second-order valence-corrected chi connectivity index (χ2v) is 8.35. The summed E-state index contributed by atoms with van der Waals surface area (Å²) in [5, 5.41) is 17.7. The Morgan fingerprint density at radius 1 is 0.545 bits per heavy atom. The van der Waals surface area contributed by atoms with E-state index in [0.29, 0.717) is 13.2 Å². The molecule has 0 saturated carbocycles. The summed E-state index contributed by atoms with van der Waals surface area (Å²) in [5.41, 5.74) is 5.82. The van der Waals surface area contributed by atoms with Crippen molar-refractivity contribution in [1.29, 1.82) is 0 Å². The number of unbranched alkanes of at least 4 members (excludes halogenated alkanes) is 4. The summed E-state index contributed by atoms with van der Waals surface area (Å²) in [5.74, 6) is 1.81. The summed E-state index contributed by atoms with van der Waals surface area (Å²) in [7, 11) is 0. The second-order valence-electron chi connectivity index (χ2n) is 8.35. The molecule has 0 aromatic heterocycles. The summed E-state index contributed by atoms with van der Waals surface area (Å²) < 4.78 is 11.7. The molecule has 0 unspecified atom stereocenters. The monoisotopic (exact) mass is 448 g/mol. The number of hydrogen-bond acceptors (Lipinski definition) is 4. The van der Waals surface area contributed by atoms with Crippen LogP contribution in [-0.4, -0.2) is 36.6 Å². The lowest BCUT2D eigenvalue weighted by atomic mass is 9.99. The van der Waals surface area contributed by atoms with Crippen molar-refractivity contribution in [2.45, 2.75) is 45.4 Å². The van der Waals surface area contributed by atoms with Crippen molar-refractivity contribution in [1.82, 2.24) is 0 Å². The van der Waals surface area contributed by atoms with Crippen LogP contribution in [0.25, 0.3) is 22.3 Å². The average molecular weight is 449 g/mol. The molecular weight excluding hydrogens is 412 g/mol. The number of hydrogen-bond donors (Lipinski definition) is 2. The Morgan fingerprint density at radius 3 is 1.58 bits per heavy atom. The Kier molecular flexibility index (Phi) is 10.3. The van der Waals surface area contributed by atoms with E-state index < -0.39 is 0 Å². The van der Waals surface area contributed by atoms with Gasteiger partial charge in [-0.05, 0) is 97.5 Å². The molecule has 0 saturated heterocycles. The fraction of sp³-hybridized carbons (Fsp3) is 0.379. The summed E-state index contributed by atoms with van der Waals surface area (Å²) in [6.45, 7) is 3.94. The Bertz CT molecular complexity index is 948. The molecule has 3 rings (SSSR count). The minimum absolute atomic E-state index is 0.249. The maximum Gasteiger partial charge on any atom is 0.122 e. The molecule has 0 bridgehead atoms. The zero-order valence-electron chi connectivity index (χ0n) is 19.6. The number of aryl methyl sites for hydroxylation is 1. The van der Waals surface area contributed by atoms with Gasteiger partial charge in [0.2, 0.25) is 0 Å². The minimum atomic E-state index is 0.249. The first-order valence-electron chi connectivity index (χ1n) is 12.0. The first kappa shape index (κ1) is 24.8. The zero-order chi connectivity index (χ0) is 23.3. The molecule has 0 fully saturated rings. The van der Waals surface area contributed by atoms with Crippen LogP contribution in [0.3, 0.4) is 0 Å². The van der Waals surface area contributed by atoms with Crippen molar-refractivity contribution < 1.29 is 19.7 Å². The van der Waals surface area contributed by atoms with Gasteiger partial charge in [0.05, 0.1) is 13.2 Å². The van der Waals surface area contributed by atoms with Gasteiger partial charge in [-0.25, -0.2) is 0 Å². The Morgan fingerprint density at radius 2 is 1.03 bits per heavy atom. The SMILES string of the molecule is Cc1cc(-c2ccc(-c3ccc(OCCCCCO)cc3)cc2)ccc1OCCCCCO. The Hall–Kier alpha value is -2.82. The van der Waals surface area contributed by atoms with Crippen molar-refractivity contribution in [3.05, 3.63) is 72.3 Å². The molecular formula is C29H36O4. The van der Waals surface area contributed by atoms with Gasteiger partial charge in [-0.3, -0.25) is 0 Å². The van der Waals surface area contributed by atoms with Gasteiger partial charge in [0, 0.05) is 13.2 Å². The first-order chi connectivity index (χ1) is 16.2. The van der Waals surface area contributed by atoms with Crippen LogP contribution in [0.15, 0.2) is 66.7 Å². The predicted molar refractivity (Wildman–Crippen MR) is 135 cm³/mol. The second kappa shape index (κ2) is 13.7. The Balaban J connectivity index is 1.55. The third-order valence-electron chi connectivity index (χ3n) is 5.71. The van der Waals surface area contributed by atoms with E-state index in [2.05, 4.69) is 55.5 Å². The van der Waals surface area contributed by atoms with Crippen molar-refractivity contribution >= 4 is 0 Å². The van der Waals surface area contributed by atoms with Gasteiger partial charge in [-0.1, -0.05) is 42.5 Å². The summed E-state index contributed by atoms with van der Waals surface area (Å²) in [6.07, 6.45) is 5.56. The molecule has 3 aromatic carbocycles. The van der Waals surface area contributed by atoms with Crippen molar-refractivity contribution in [2.75, 3.05) is 26.4 Å². The van der Waals surface area contributed by atoms with Gasteiger partial charge >= 0.3 is 0 Å². The normalized spacial score (nSPS) is 10.9. The van der Waals surface area contributed by atoms with E-state index in [1.165, 1.54) is 16.7 Å². The molecule has 0 aliphatic carbocycles. The van der Waals surface area contributed by atoms with E-state index in [-0.39, 0.29) is 13.2 Å². The lowest BCUT2D eigenvalue weighted by Gasteiger charge is -2.11. The molecule has 0 aliphatic heterocycles.